The molecule has 0 aliphatic rings. The highest BCUT2D eigenvalue weighted by atomic mass is 33.2. The van der Waals surface area contributed by atoms with E-state index in [1.165, 1.54) is 26.2 Å². The highest BCUT2D eigenvalue weighted by Crippen LogP contribution is 2.27. The number of hydrogen-bond acceptors (Lipinski definition) is 3. The maximum absolute atomic E-state index is 14.1. The van der Waals surface area contributed by atoms with Gasteiger partial charge in [-0.3, -0.25) is 0 Å². The Labute approximate surface area is 107 Å². The van der Waals surface area contributed by atoms with Crippen LogP contribution in [-0.2, 0) is 18.2 Å². The molecule has 1 aromatic carbocycles. The minimum absolute atomic E-state index is 0.0446. The first-order valence-electron chi connectivity index (χ1n) is 5.14. The zero-order chi connectivity index (χ0) is 14.1. The quantitative estimate of drug-likeness (QED) is 0.513. The van der Waals surface area contributed by atoms with Gasteiger partial charge in [0.25, 0.3) is 9.06 Å². The summed E-state index contributed by atoms with van der Waals surface area (Å²) in [5.74, 6) is 0. The van der Waals surface area contributed by atoms with E-state index in [9.17, 15) is 17.1 Å². The molecule has 0 aliphatic heterocycles. The zero-order valence-corrected chi connectivity index (χ0v) is 12.4. The fraction of sp³-hybridized carbons (Fsp3) is 0.400. The number of aryl methyl sites for hydroxylation is 1. The van der Waals surface area contributed by atoms with Gasteiger partial charge in [-0.05, 0) is 19.1 Å². The molecule has 104 valence electrons. The normalized spacial score (nSPS) is 13.7. The average molecular weight is 296 g/mol. The molecule has 0 heterocycles. The van der Waals surface area contributed by atoms with Crippen LogP contribution in [-0.4, -0.2) is 37.3 Å². The minimum Gasteiger partial charge on any atom is -0.248 e. The van der Waals surface area contributed by atoms with Gasteiger partial charge in [0.05, 0.1) is 14.8 Å². The number of anilines is 1. The van der Waals surface area contributed by atoms with Gasteiger partial charge in [0, 0.05) is 20.4 Å². The molecule has 0 aromatic heterocycles. The van der Waals surface area contributed by atoms with Crippen molar-refractivity contribution >= 4 is 23.9 Å². The second-order valence-electron chi connectivity index (χ2n) is 4.16. The van der Waals surface area contributed by atoms with E-state index < -0.39 is 18.2 Å². The first kappa shape index (κ1) is 15.1. The topological polar surface area (TPSA) is 57.7 Å². The molecule has 0 N–H and O–H groups in total. The molecule has 18 heavy (non-hydrogen) atoms. The van der Waals surface area contributed by atoms with Crippen LogP contribution in [0.25, 0.3) is 0 Å². The molecule has 0 aliphatic carbocycles. The van der Waals surface area contributed by atoms with Crippen molar-refractivity contribution in [2.45, 2.75) is 6.92 Å². The van der Waals surface area contributed by atoms with E-state index in [-0.39, 0.29) is 10.2 Å². The molecule has 0 atom stereocenters. The van der Waals surface area contributed by atoms with Gasteiger partial charge in [0.2, 0.25) is 0 Å². The molecule has 5 nitrogen and oxygen atoms in total. The smallest absolute Gasteiger partial charge is 0.248 e. The van der Waals surface area contributed by atoms with Crippen LogP contribution in [0.5, 0.6) is 0 Å². The van der Waals surface area contributed by atoms with Gasteiger partial charge in [-0.25, -0.2) is 4.21 Å². The van der Waals surface area contributed by atoms with Crippen molar-refractivity contribution < 1.29 is 17.1 Å². The van der Waals surface area contributed by atoms with Gasteiger partial charge in [-0.15, -0.1) is 4.53 Å². The molecule has 0 unspecified atom stereocenters. The summed E-state index contributed by atoms with van der Waals surface area (Å²) in [5, 5.41) is 0. The Balaban J connectivity index is 3.22. The Morgan fingerprint density at radius 1 is 1.17 bits per heavy atom. The number of thiol groups is 1. The average Bonchev–Trinajstić information content (AvgIpc) is 2.28. The maximum atomic E-state index is 14.1. The van der Waals surface area contributed by atoms with Crippen LogP contribution in [0.3, 0.4) is 0 Å². The lowest BCUT2D eigenvalue weighted by Gasteiger charge is -2.29. The van der Waals surface area contributed by atoms with E-state index in [0.717, 1.165) is 16.1 Å². The van der Waals surface area contributed by atoms with Crippen LogP contribution in [0.4, 0.5) is 10.2 Å². The predicted octanol–water partition coefficient (Wildman–Crippen LogP) is 1.05. The lowest BCUT2D eigenvalue weighted by molar-refractivity contribution is 0.512. The molecular weight excluding hydrogens is 279 g/mol. The Morgan fingerprint density at radius 3 is 2.00 bits per heavy atom. The summed E-state index contributed by atoms with van der Waals surface area (Å²) in [7, 11) is -5.98. The first-order valence-corrected chi connectivity index (χ1v) is 9.29. The van der Waals surface area contributed by atoms with Crippen LogP contribution in [0.15, 0.2) is 24.3 Å². The van der Waals surface area contributed by atoms with Crippen molar-refractivity contribution in [1.82, 2.24) is 4.31 Å². The number of halogens is 1. The largest absolute Gasteiger partial charge is 0.289 e. The molecule has 0 fully saturated rings. The van der Waals surface area contributed by atoms with Gasteiger partial charge in [0.15, 0.2) is 0 Å². The minimum atomic E-state index is -4.21. The third-order valence-electron chi connectivity index (χ3n) is 2.46. The summed E-state index contributed by atoms with van der Waals surface area (Å²) in [5.41, 5.74) is 0.852. The molecule has 0 saturated heterocycles. The highest BCUT2D eigenvalue weighted by Gasteiger charge is 2.35. The molecule has 8 heteroatoms. The Morgan fingerprint density at radius 2 is 1.61 bits per heavy atom. The van der Waals surface area contributed by atoms with Crippen LogP contribution >= 0.6 is 0 Å². The summed E-state index contributed by atoms with van der Waals surface area (Å²) in [6.45, 7) is 1.81. The fourth-order valence-electron chi connectivity index (χ4n) is 1.27. The molecule has 0 amide bonds. The fourth-order valence-corrected chi connectivity index (χ4v) is 5.26. The Kier molecular flexibility index (Phi) is 4.14. The highest BCUT2D eigenvalue weighted by molar-refractivity contribution is 8.71. The van der Waals surface area contributed by atoms with Gasteiger partial charge < -0.3 is 0 Å². The van der Waals surface area contributed by atoms with Crippen molar-refractivity contribution in [2.75, 3.05) is 24.9 Å². The zero-order valence-electron chi connectivity index (χ0n) is 10.7. The van der Waals surface area contributed by atoms with Gasteiger partial charge in [-0.2, -0.15) is 12.7 Å². The Hall–Kier alpha value is -0.990. The number of rotatable bonds is 4. The van der Waals surface area contributed by atoms with E-state index in [4.69, 9.17) is 0 Å². The SMILES string of the molecule is Cc1ccc(N(F)[SH](C)(=O)S(=O)(=O)N(C)C)cc1. The number of nitrogens with zero attached hydrogens (tertiary/aromatic N) is 2. The van der Waals surface area contributed by atoms with E-state index in [0.29, 0.717) is 0 Å². The monoisotopic (exact) mass is 296 g/mol. The Bertz CT molecular complexity index is 569. The van der Waals surface area contributed by atoms with Crippen molar-refractivity contribution in [2.24, 2.45) is 0 Å². The molecule has 1 rings (SSSR count). The first-order chi connectivity index (χ1) is 8.10. The summed E-state index contributed by atoms with van der Waals surface area (Å²) in [6.07, 6.45) is 0.891. The molecule has 0 saturated carbocycles. The van der Waals surface area contributed by atoms with Crippen molar-refractivity contribution in [3.8, 4) is 0 Å². The number of benzene rings is 1. The van der Waals surface area contributed by atoms with Gasteiger partial charge in [0.1, 0.15) is 0 Å². The predicted molar refractivity (Wildman–Crippen MR) is 72.8 cm³/mol. The van der Waals surface area contributed by atoms with E-state index >= 15 is 0 Å². The van der Waals surface area contributed by atoms with Gasteiger partial charge in [-0.1, -0.05) is 22.2 Å². The summed E-state index contributed by atoms with van der Waals surface area (Å²) >= 11 is 0. The van der Waals surface area contributed by atoms with Crippen LogP contribution in [0.2, 0.25) is 0 Å². The molecule has 0 bridgehead atoms. The van der Waals surface area contributed by atoms with E-state index in [1.54, 1.807) is 12.1 Å². The van der Waals surface area contributed by atoms with Gasteiger partial charge >= 0.3 is 0 Å². The lowest BCUT2D eigenvalue weighted by Crippen LogP contribution is -2.42. The van der Waals surface area contributed by atoms with Crippen LogP contribution in [0.1, 0.15) is 5.56 Å². The molecular formula is C10H17FN2O3S2. The molecule has 0 spiro atoms. The number of hydrogen-bond donors (Lipinski definition) is 1. The lowest BCUT2D eigenvalue weighted by atomic mass is 10.2. The summed E-state index contributed by atoms with van der Waals surface area (Å²) in [6, 6.07) is 6.00. The molecule has 1 aromatic rings. The maximum Gasteiger partial charge on any atom is 0.289 e. The standard InChI is InChI=1S/C10H17FN2O3S2/c1-9-5-7-10(8-6-9)13(11)17(4,14)18(15,16)12(2)3/h5-8,17H,1-4H3. The second kappa shape index (κ2) is 4.94. The van der Waals surface area contributed by atoms with Crippen LogP contribution < -0.4 is 4.53 Å². The van der Waals surface area contributed by atoms with Crippen molar-refractivity contribution in [3.63, 3.8) is 0 Å². The van der Waals surface area contributed by atoms with Crippen molar-refractivity contribution in [3.05, 3.63) is 29.8 Å². The van der Waals surface area contributed by atoms with E-state index in [1.807, 2.05) is 6.92 Å². The molecule has 0 radical (unpaired) electrons. The second-order valence-corrected chi connectivity index (χ2v) is 11.2. The van der Waals surface area contributed by atoms with Crippen LogP contribution in [0, 0.1) is 6.92 Å². The summed E-state index contributed by atoms with van der Waals surface area (Å²) < 4.78 is 50.5. The summed E-state index contributed by atoms with van der Waals surface area (Å²) in [4.78, 5) is 0. The third kappa shape index (κ3) is 2.55. The third-order valence-corrected chi connectivity index (χ3v) is 9.08. The van der Waals surface area contributed by atoms with Crippen molar-refractivity contribution in [1.29, 1.82) is 0 Å². The van der Waals surface area contributed by atoms with E-state index in [2.05, 4.69) is 0 Å².